The minimum absolute atomic E-state index is 0.0436. The molecule has 0 unspecified atom stereocenters. The van der Waals surface area contributed by atoms with Gasteiger partial charge in [0.05, 0.1) is 22.3 Å². The van der Waals surface area contributed by atoms with E-state index < -0.39 is 23.6 Å². The molecule has 4 amide bonds. The van der Waals surface area contributed by atoms with Crippen molar-refractivity contribution in [1.82, 2.24) is 10.2 Å². The Morgan fingerprint density at radius 1 is 0.590 bits per heavy atom. The van der Waals surface area contributed by atoms with Gasteiger partial charge < -0.3 is 17.4 Å². The highest BCUT2D eigenvalue weighted by Crippen LogP contribution is 2.55. The SMILES string of the molecule is CN1C(=O)c2cc(OS)c3c4c(OO)cc5c6c(cc(OS)c(c7c(OS)cc(c2c37)C1=O)c64)C(=O)NC5=O. The third-order valence-corrected chi connectivity index (χ3v) is 7.93. The molecule has 2 aliphatic heterocycles. The Bertz CT molecular complexity index is 1910. The summed E-state index contributed by atoms with van der Waals surface area (Å²) in [5.41, 5.74) is 0.429. The predicted octanol–water partition coefficient (Wildman–Crippen LogP) is 4.37. The molecule has 2 N–H and O–H groups in total. The Morgan fingerprint density at radius 3 is 1.36 bits per heavy atom. The summed E-state index contributed by atoms with van der Waals surface area (Å²) in [4.78, 5) is 58.0. The van der Waals surface area contributed by atoms with Gasteiger partial charge in [-0.15, -0.1) is 0 Å². The van der Waals surface area contributed by atoms with Crippen LogP contribution in [0.25, 0.3) is 43.1 Å². The van der Waals surface area contributed by atoms with Gasteiger partial charge in [-0.3, -0.25) is 29.4 Å². The standard InChI is InChI=1S/C25H12N2O9S3/c1-27-24(30)8-4-12(35-38)17-16-10(33-32)2-6-14-7(23(29)26-22(6)28)3-11(34-37)18(20(14)16)19-13(36-39)5-9(25(27)31)15(8)21(17)19/h2-5,32,37-39H,1H3,(H,26,28,29). The Morgan fingerprint density at radius 2 is 0.949 bits per heavy atom. The first kappa shape index (κ1) is 24.0. The van der Waals surface area contributed by atoms with Gasteiger partial charge in [0.1, 0.15) is 17.2 Å². The van der Waals surface area contributed by atoms with E-state index in [2.05, 4.69) is 44.0 Å². The van der Waals surface area contributed by atoms with E-state index in [0.29, 0.717) is 10.8 Å². The first-order valence-corrected chi connectivity index (χ1v) is 12.2. The fourth-order valence-electron chi connectivity index (χ4n) is 5.84. The first-order chi connectivity index (χ1) is 18.8. The summed E-state index contributed by atoms with van der Waals surface area (Å²) in [7, 11) is 1.35. The third-order valence-electron chi connectivity index (χ3n) is 7.34. The number of fused-ring (bicyclic) bond motifs is 2. The lowest BCUT2D eigenvalue weighted by Gasteiger charge is -2.28. The van der Waals surface area contributed by atoms with Crippen LogP contribution < -0.4 is 22.8 Å². The molecule has 14 heteroatoms. The van der Waals surface area contributed by atoms with Crippen molar-refractivity contribution in [3.63, 3.8) is 0 Å². The molecule has 0 atom stereocenters. The summed E-state index contributed by atoms with van der Waals surface area (Å²) in [5.74, 6) is -2.51. The molecule has 5 aromatic carbocycles. The van der Waals surface area contributed by atoms with Crippen molar-refractivity contribution < 1.29 is 41.9 Å². The summed E-state index contributed by atoms with van der Waals surface area (Å²) in [6.07, 6.45) is 0. The summed E-state index contributed by atoms with van der Waals surface area (Å²) >= 11 is 12.1. The van der Waals surface area contributed by atoms with Crippen LogP contribution in [-0.2, 0) is 0 Å². The highest BCUT2D eigenvalue weighted by atomic mass is 32.1. The van der Waals surface area contributed by atoms with E-state index in [-0.39, 0.29) is 77.6 Å². The molecule has 0 radical (unpaired) electrons. The summed E-state index contributed by atoms with van der Waals surface area (Å²) < 4.78 is 16.3. The third kappa shape index (κ3) is 2.75. The van der Waals surface area contributed by atoms with E-state index in [1.54, 1.807) is 0 Å². The molecule has 39 heavy (non-hydrogen) atoms. The van der Waals surface area contributed by atoms with Crippen LogP contribution in [0.3, 0.4) is 0 Å². The van der Waals surface area contributed by atoms with Gasteiger partial charge in [0.15, 0.2) is 5.75 Å². The highest BCUT2D eigenvalue weighted by Gasteiger charge is 2.38. The number of hydrogen-bond acceptors (Lipinski definition) is 12. The Balaban J connectivity index is 1.93. The van der Waals surface area contributed by atoms with Gasteiger partial charge in [-0.25, -0.2) is 5.26 Å². The number of benzene rings is 5. The molecule has 7 rings (SSSR count). The maximum atomic E-state index is 13.3. The molecule has 2 heterocycles. The van der Waals surface area contributed by atoms with Gasteiger partial charge in [-0.1, -0.05) is 0 Å². The quantitative estimate of drug-likeness (QED) is 0.0399. The zero-order valence-corrected chi connectivity index (χ0v) is 22.0. The molecule has 0 aliphatic carbocycles. The number of imide groups is 2. The van der Waals surface area contributed by atoms with Gasteiger partial charge in [0, 0.05) is 88.9 Å². The molecule has 0 fully saturated rings. The fourth-order valence-corrected chi connectivity index (χ4v) is 6.27. The number of carbonyl (C=O) groups excluding carboxylic acids is 4. The summed E-state index contributed by atoms with van der Waals surface area (Å²) in [6.45, 7) is 0. The average Bonchev–Trinajstić information content (AvgIpc) is 2.95. The second-order valence-corrected chi connectivity index (χ2v) is 9.55. The maximum Gasteiger partial charge on any atom is 0.261 e. The molecule has 0 bridgehead atoms. The van der Waals surface area contributed by atoms with Crippen molar-refractivity contribution in [1.29, 1.82) is 0 Å². The second-order valence-electron chi connectivity index (χ2n) is 9.01. The molecule has 0 saturated heterocycles. The van der Waals surface area contributed by atoms with Crippen molar-refractivity contribution >= 4 is 105 Å². The van der Waals surface area contributed by atoms with E-state index in [4.69, 9.17) is 17.4 Å². The Labute approximate surface area is 233 Å². The molecule has 5 aromatic rings. The van der Waals surface area contributed by atoms with E-state index in [0.717, 1.165) is 4.90 Å². The number of amides is 4. The largest absolute Gasteiger partial charge is 0.428 e. The van der Waals surface area contributed by atoms with Crippen molar-refractivity contribution in [2.24, 2.45) is 0 Å². The summed E-state index contributed by atoms with van der Waals surface area (Å²) in [6, 6.07) is 5.54. The van der Waals surface area contributed by atoms with Crippen LogP contribution in [0, 0.1) is 0 Å². The fraction of sp³-hybridized carbons (Fsp3) is 0.0400. The lowest BCUT2D eigenvalue weighted by molar-refractivity contribution is -0.136. The summed E-state index contributed by atoms with van der Waals surface area (Å²) in [5, 5.41) is 14.4. The molecule has 0 saturated carbocycles. The topological polar surface area (TPSA) is 141 Å². The molecule has 0 aromatic heterocycles. The predicted molar refractivity (Wildman–Crippen MR) is 148 cm³/mol. The van der Waals surface area contributed by atoms with Crippen molar-refractivity contribution in [3.8, 4) is 23.0 Å². The Kier molecular flexibility index (Phi) is 4.89. The zero-order chi connectivity index (χ0) is 27.5. The zero-order valence-electron chi connectivity index (χ0n) is 19.3. The van der Waals surface area contributed by atoms with Gasteiger partial charge in [-0.2, -0.15) is 0 Å². The molecular weight excluding hydrogens is 568 g/mol. The normalized spacial score (nSPS) is 14.6. The van der Waals surface area contributed by atoms with E-state index in [9.17, 15) is 24.4 Å². The minimum Gasteiger partial charge on any atom is -0.428 e. The van der Waals surface area contributed by atoms with Gasteiger partial charge in [0.25, 0.3) is 23.6 Å². The monoisotopic (exact) mass is 580 g/mol. The lowest BCUT2D eigenvalue weighted by Crippen LogP contribution is -2.37. The smallest absolute Gasteiger partial charge is 0.261 e. The van der Waals surface area contributed by atoms with Crippen LogP contribution in [-0.4, -0.2) is 40.8 Å². The van der Waals surface area contributed by atoms with E-state index in [1.165, 1.54) is 31.3 Å². The molecule has 11 nitrogen and oxygen atoms in total. The highest BCUT2D eigenvalue weighted by molar-refractivity contribution is 7.75. The number of hydrogen-bond donors (Lipinski definition) is 5. The Hall–Kier alpha value is -4.11. The van der Waals surface area contributed by atoms with Crippen LogP contribution >= 0.6 is 38.7 Å². The second kappa shape index (κ2) is 7.95. The number of nitrogens with zero attached hydrogens (tertiary/aromatic N) is 1. The van der Waals surface area contributed by atoms with E-state index >= 15 is 0 Å². The van der Waals surface area contributed by atoms with Crippen molar-refractivity contribution in [2.45, 2.75) is 0 Å². The van der Waals surface area contributed by atoms with Crippen LogP contribution in [0.1, 0.15) is 41.4 Å². The van der Waals surface area contributed by atoms with Crippen LogP contribution in [0.2, 0.25) is 0 Å². The number of thiol groups is 3. The van der Waals surface area contributed by atoms with Gasteiger partial charge in [-0.05, 0) is 24.3 Å². The van der Waals surface area contributed by atoms with Crippen LogP contribution in [0.5, 0.6) is 23.0 Å². The van der Waals surface area contributed by atoms with Crippen molar-refractivity contribution in [2.75, 3.05) is 7.05 Å². The number of nitrogens with one attached hydrogen (secondary N) is 1. The number of rotatable bonds is 4. The van der Waals surface area contributed by atoms with Crippen LogP contribution in [0.15, 0.2) is 24.3 Å². The molecule has 2 aliphatic rings. The molecular formula is C25H12N2O9S3. The van der Waals surface area contributed by atoms with Gasteiger partial charge in [0.2, 0.25) is 0 Å². The lowest BCUT2D eigenvalue weighted by atomic mass is 9.81. The maximum absolute atomic E-state index is 13.3. The number of carbonyl (C=O) groups is 4. The minimum atomic E-state index is -0.713. The van der Waals surface area contributed by atoms with Gasteiger partial charge >= 0.3 is 0 Å². The van der Waals surface area contributed by atoms with Crippen LogP contribution in [0.4, 0.5) is 0 Å². The van der Waals surface area contributed by atoms with Crippen molar-refractivity contribution in [3.05, 3.63) is 46.5 Å². The molecule has 0 spiro atoms. The molecule has 194 valence electrons. The average molecular weight is 581 g/mol. The van der Waals surface area contributed by atoms with E-state index in [1.807, 2.05) is 0 Å². The first-order valence-electron chi connectivity index (χ1n) is 11.1.